The standard InChI is InChI=1S/C16H12N2O2S.C16H14N2O2S/c1-19-12-5-3-10(4-6-12)16-18-14-8-13(20-2)7-11(9-17)15(14)21-16;1-19-14-5-3-12(4-6-14)16(21)18-13-7-11(10-17)8-15(9-13)20-2/h3-8H,1-2H3;3-9H,1-2H3,(H,18,21). The second-order valence-corrected chi connectivity index (χ2v) is 10.0. The molecule has 0 amide bonds. The van der Waals surface area contributed by atoms with Gasteiger partial charge in [-0.25, -0.2) is 4.98 Å². The van der Waals surface area contributed by atoms with Crippen LogP contribution in [-0.2, 0) is 0 Å². The number of benzene rings is 4. The van der Waals surface area contributed by atoms with E-state index in [9.17, 15) is 5.26 Å². The highest BCUT2D eigenvalue weighted by Gasteiger charge is 2.12. The van der Waals surface area contributed by atoms with Gasteiger partial charge >= 0.3 is 0 Å². The Bertz CT molecular complexity index is 1790. The molecule has 4 aromatic carbocycles. The Morgan fingerprint density at radius 1 is 0.738 bits per heavy atom. The van der Waals surface area contributed by atoms with E-state index >= 15 is 0 Å². The average molecular weight is 595 g/mol. The highest BCUT2D eigenvalue weighted by molar-refractivity contribution is 7.81. The molecule has 0 saturated carbocycles. The number of fused-ring (bicyclic) bond motifs is 1. The third kappa shape index (κ3) is 7.12. The second kappa shape index (κ2) is 14.0. The number of anilines is 1. The van der Waals surface area contributed by atoms with Gasteiger partial charge in [0.15, 0.2) is 0 Å². The molecule has 5 aromatic rings. The van der Waals surface area contributed by atoms with E-state index in [2.05, 4.69) is 22.4 Å². The third-order valence-electron chi connectivity index (χ3n) is 6.04. The lowest BCUT2D eigenvalue weighted by molar-refractivity contribution is 0.414. The molecular weight excluding hydrogens is 569 g/mol. The van der Waals surface area contributed by atoms with Crippen molar-refractivity contribution >= 4 is 44.4 Å². The number of nitriles is 2. The summed E-state index contributed by atoms with van der Waals surface area (Å²) in [6.45, 7) is 0. The van der Waals surface area contributed by atoms with Crippen molar-refractivity contribution in [3.63, 3.8) is 0 Å². The van der Waals surface area contributed by atoms with Crippen molar-refractivity contribution in [3.05, 3.63) is 95.6 Å². The van der Waals surface area contributed by atoms with Crippen molar-refractivity contribution < 1.29 is 18.9 Å². The molecule has 8 nitrogen and oxygen atoms in total. The van der Waals surface area contributed by atoms with Crippen LogP contribution >= 0.6 is 23.6 Å². The Hall–Kier alpha value is -5.16. The molecule has 0 aliphatic carbocycles. The largest absolute Gasteiger partial charge is 0.497 e. The van der Waals surface area contributed by atoms with Crippen LogP contribution < -0.4 is 24.3 Å². The first-order chi connectivity index (χ1) is 20.4. The number of aromatic nitrogens is 1. The zero-order valence-electron chi connectivity index (χ0n) is 23.3. The number of thiocarbonyl (C=S) groups is 1. The van der Waals surface area contributed by atoms with Crippen molar-refractivity contribution in [3.8, 4) is 45.7 Å². The molecule has 0 fully saturated rings. The molecule has 0 radical (unpaired) electrons. The Kier molecular flexibility index (Phi) is 9.90. The van der Waals surface area contributed by atoms with Crippen LogP contribution in [0, 0.1) is 22.7 Å². The molecule has 0 spiro atoms. The average Bonchev–Trinajstić information content (AvgIpc) is 3.48. The van der Waals surface area contributed by atoms with Gasteiger partial charge in [-0.15, -0.1) is 11.3 Å². The third-order valence-corrected chi connectivity index (χ3v) is 7.53. The molecule has 0 atom stereocenters. The molecule has 0 bridgehead atoms. The first kappa shape index (κ1) is 29.8. The summed E-state index contributed by atoms with van der Waals surface area (Å²) in [6.07, 6.45) is 0. The topological polar surface area (TPSA) is 109 Å². The molecule has 0 unspecified atom stereocenters. The normalized spacial score (nSPS) is 9.95. The van der Waals surface area contributed by atoms with Crippen LogP contribution in [0.4, 0.5) is 5.69 Å². The van der Waals surface area contributed by atoms with E-state index in [1.807, 2.05) is 54.6 Å². The van der Waals surface area contributed by atoms with Gasteiger partial charge < -0.3 is 24.3 Å². The number of nitrogens with one attached hydrogen (secondary N) is 1. The predicted octanol–water partition coefficient (Wildman–Crippen LogP) is 7.22. The lowest BCUT2D eigenvalue weighted by Gasteiger charge is -2.10. The van der Waals surface area contributed by atoms with Crippen LogP contribution in [0.15, 0.2) is 78.9 Å². The highest BCUT2D eigenvalue weighted by atomic mass is 32.1. The lowest BCUT2D eigenvalue weighted by atomic mass is 10.1. The van der Waals surface area contributed by atoms with Gasteiger partial charge in [0.25, 0.3) is 0 Å². The minimum Gasteiger partial charge on any atom is -0.497 e. The van der Waals surface area contributed by atoms with Crippen molar-refractivity contribution in [2.24, 2.45) is 0 Å². The smallest absolute Gasteiger partial charge is 0.124 e. The number of nitrogens with zero attached hydrogens (tertiary/aromatic N) is 3. The van der Waals surface area contributed by atoms with Crippen molar-refractivity contribution in [1.29, 1.82) is 10.5 Å². The van der Waals surface area contributed by atoms with Gasteiger partial charge in [0.05, 0.1) is 55.9 Å². The molecule has 0 aliphatic rings. The minimum absolute atomic E-state index is 0.509. The van der Waals surface area contributed by atoms with E-state index in [1.165, 1.54) is 11.3 Å². The van der Waals surface area contributed by atoms with E-state index in [-0.39, 0.29) is 0 Å². The van der Waals surface area contributed by atoms with Gasteiger partial charge in [-0.05, 0) is 66.7 Å². The Labute approximate surface area is 253 Å². The molecular formula is C32H26N4O4S2. The van der Waals surface area contributed by atoms with Crippen molar-refractivity contribution in [2.75, 3.05) is 33.8 Å². The molecule has 10 heteroatoms. The van der Waals surface area contributed by atoms with Crippen molar-refractivity contribution in [2.45, 2.75) is 0 Å². The predicted molar refractivity (Wildman–Crippen MR) is 169 cm³/mol. The van der Waals surface area contributed by atoms with Gasteiger partial charge in [-0.3, -0.25) is 0 Å². The van der Waals surface area contributed by atoms with E-state index in [0.29, 0.717) is 33.3 Å². The van der Waals surface area contributed by atoms with E-state index < -0.39 is 0 Å². The number of methoxy groups -OCH3 is 4. The molecule has 210 valence electrons. The molecule has 42 heavy (non-hydrogen) atoms. The van der Waals surface area contributed by atoms with Crippen LogP contribution in [-0.4, -0.2) is 38.4 Å². The molecule has 5 rings (SSSR count). The zero-order valence-corrected chi connectivity index (χ0v) is 24.9. The van der Waals surface area contributed by atoms with Crippen molar-refractivity contribution in [1.82, 2.24) is 4.98 Å². The number of hydrogen-bond acceptors (Lipinski definition) is 9. The van der Waals surface area contributed by atoms with E-state index in [1.54, 1.807) is 52.7 Å². The summed E-state index contributed by atoms with van der Waals surface area (Å²) in [5.41, 5.74) is 4.46. The fourth-order valence-corrected chi connectivity index (χ4v) is 5.13. The van der Waals surface area contributed by atoms with Gasteiger partial charge in [0.2, 0.25) is 0 Å². The van der Waals surface area contributed by atoms with E-state index in [0.717, 1.165) is 37.9 Å². The summed E-state index contributed by atoms with van der Waals surface area (Å²) in [5.74, 6) is 2.83. The number of hydrogen-bond donors (Lipinski definition) is 1. The lowest BCUT2D eigenvalue weighted by Crippen LogP contribution is -2.10. The number of ether oxygens (including phenoxy) is 4. The Morgan fingerprint density at radius 3 is 1.90 bits per heavy atom. The van der Waals surface area contributed by atoms with Gasteiger partial charge in [0, 0.05) is 28.9 Å². The van der Waals surface area contributed by atoms with Crippen LogP contribution in [0.25, 0.3) is 20.8 Å². The summed E-state index contributed by atoms with van der Waals surface area (Å²) < 4.78 is 21.5. The van der Waals surface area contributed by atoms with Gasteiger partial charge in [-0.1, -0.05) is 12.2 Å². The molecule has 0 aliphatic heterocycles. The maximum atomic E-state index is 9.26. The monoisotopic (exact) mass is 594 g/mol. The fraction of sp³-hybridized carbons (Fsp3) is 0.125. The Balaban J connectivity index is 0.000000193. The van der Waals surface area contributed by atoms with Gasteiger partial charge in [0.1, 0.15) is 39.1 Å². The first-order valence-corrected chi connectivity index (χ1v) is 13.7. The SMILES string of the molecule is COc1ccc(-c2nc3cc(OC)cc(C#N)c3s2)cc1.COc1ccc(C(=S)Nc2cc(C#N)cc(OC)c2)cc1. The molecule has 1 heterocycles. The molecule has 1 aromatic heterocycles. The fourth-order valence-electron chi connectivity index (χ4n) is 3.86. The van der Waals surface area contributed by atoms with Gasteiger partial charge in [-0.2, -0.15) is 10.5 Å². The van der Waals surface area contributed by atoms with Crippen LogP contribution in [0.3, 0.4) is 0 Å². The van der Waals surface area contributed by atoms with E-state index in [4.69, 9.17) is 36.4 Å². The first-order valence-electron chi connectivity index (χ1n) is 12.5. The zero-order chi connectivity index (χ0) is 30.1. The maximum absolute atomic E-state index is 9.26. The van der Waals surface area contributed by atoms with Crippen LogP contribution in [0.1, 0.15) is 16.7 Å². The molecule has 1 N–H and O–H groups in total. The quantitative estimate of drug-likeness (QED) is 0.195. The molecule has 0 saturated heterocycles. The summed E-state index contributed by atoms with van der Waals surface area (Å²) in [5, 5.41) is 22.2. The highest BCUT2D eigenvalue weighted by Crippen LogP contribution is 2.35. The number of rotatable bonds is 7. The minimum atomic E-state index is 0.509. The maximum Gasteiger partial charge on any atom is 0.124 e. The summed E-state index contributed by atoms with van der Waals surface area (Å²) in [6, 6.07) is 28.2. The van der Waals surface area contributed by atoms with Crippen LogP contribution in [0.2, 0.25) is 0 Å². The Morgan fingerprint density at radius 2 is 1.33 bits per heavy atom. The van der Waals surface area contributed by atoms with Crippen LogP contribution in [0.5, 0.6) is 23.0 Å². The second-order valence-electron chi connectivity index (χ2n) is 8.63. The summed E-state index contributed by atoms with van der Waals surface area (Å²) in [4.78, 5) is 5.17. The number of thiazole rings is 1. The summed E-state index contributed by atoms with van der Waals surface area (Å²) >= 11 is 6.87. The summed E-state index contributed by atoms with van der Waals surface area (Å²) in [7, 11) is 6.39.